The van der Waals surface area contributed by atoms with Crippen molar-refractivity contribution >= 4 is 23.1 Å². The zero-order chi connectivity index (χ0) is 16.8. The van der Waals surface area contributed by atoms with Gasteiger partial charge < -0.3 is 10.6 Å². The number of thiazole rings is 1. The minimum Gasteiger partial charge on any atom is -0.338 e. The van der Waals surface area contributed by atoms with Crippen molar-refractivity contribution in [2.24, 2.45) is 11.8 Å². The second kappa shape index (κ2) is 7.93. The molecule has 0 spiro atoms. The van der Waals surface area contributed by atoms with Crippen molar-refractivity contribution in [2.75, 3.05) is 11.9 Å². The monoisotopic (exact) mass is 340 g/mol. The maximum absolute atomic E-state index is 12.0. The largest absolute Gasteiger partial charge is 0.338 e. The van der Waals surface area contributed by atoms with Crippen LogP contribution in [-0.4, -0.2) is 17.6 Å². The minimum absolute atomic E-state index is 0.181. The molecule has 2 N–H and O–H groups in total. The van der Waals surface area contributed by atoms with Gasteiger partial charge in [-0.3, -0.25) is 0 Å². The van der Waals surface area contributed by atoms with Gasteiger partial charge in [0, 0.05) is 35.3 Å². The molecule has 0 atom stereocenters. The topological polar surface area (TPSA) is 77.8 Å². The second-order valence-corrected chi connectivity index (χ2v) is 6.99. The molecule has 5 nitrogen and oxygen atoms in total. The van der Waals surface area contributed by atoms with E-state index in [1.165, 1.54) is 0 Å². The number of nitrogens with zero attached hydrogens (tertiary/aromatic N) is 2. The Balaban J connectivity index is 1.44. The molecule has 0 bridgehead atoms. The molecule has 0 aliphatic heterocycles. The summed E-state index contributed by atoms with van der Waals surface area (Å²) in [5, 5.41) is 17.6. The van der Waals surface area contributed by atoms with Crippen LogP contribution in [0.5, 0.6) is 0 Å². The van der Waals surface area contributed by atoms with Crippen molar-refractivity contribution in [3.63, 3.8) is 0 Å². The molecule has 1 aromatic heterocycles. The zero-order valence-electron chi connectivity index (χ0n) is 13.4. The Morgan fingerprint density at radius 1 is 1.25 bits per heavy atom. The SMILES string of the molecule is N#CC1CCC(CNC(=O)Nc2ccc(-c3nccs3)cc2)CC1. The average Bonchev–Trinajstić information content (AvgIpc) is 3.16. The van der Waals surface area contributed by atoms with Gasteiger partial charge in [0.25, 0.3) is 0 Å². The molecular weight excluding hydrogens is 320 g/mol. The maximum atomic E-state index is 12.0. The lowest BCUT2D eigenvalue weighted by Crippen LogP contribution is -2.34. The molecule has 0 unspecified atom stereocenters. The Kier molecular flexibility index (Phi) is 5.44. The highest BCUT2D eigenvalue weighted by Gasteiger charge is 2.21. The smallest absolute Gasteiger partial charge is 0.319 e. The summed E-state index contributed by atoms with van der Waals surface area (Å²) < 4.78 is 0. The number of nitrogens with one attached hydrogen (secondary N) is 2. The molecule has 1 fully saturated rings. The fraction of sp³-hybridized carbons (Fsp3) is 0.389. The van der Waals surface area contributed by atoms with Crippen molar-refractivity contribution in [1.29, 1.82) is 5.26 Å². The van der Waals surface area contributed by atoms with Crippen LogP contribution in [-0.2, 0) is 0 Å². The molecule has 1 heterocycles. The molecule has 1 aliphatic carbocycles. The van der Waals surface area contributed by atoms with Gasteiger partial charge in [0.1, 0.15) is 5.01 Å². The van der Waals surface area contributed by atoms with Crippen LogP contribution in [0.25, 0.3) is 10.6 Å². The third-order valence-corrected chi connectivity index (χ3v) is 5.22. The summed E-state index contributed by atoms with van der Waals surface area (Å²) in [6.07, 6.45) is 5.71. The molecular formula is C18H20N4OS. The number of amides is 2. The lowest BCUT2D eigenvalue weighted by molar-refractivity contribution is 0.245. The van der Waals surface area contributed by atoms with E-state index >= 15 is 0 Å². The Morgan fingerprint density at radius 2 is 2.00 bits per heavy atom. The van der Waals surface area contributed by atoms with E-state index in [0.717, 1.165) is 41.9 Å². The molecule has 6 heteroatoms. The van der Waals surface area contributed by atoms with E-state index in [0.29, 0.717) is 12.5 Å². The highest BCUT2D eigenvalue weighted by molar-refractivity contribution is 7.13. The Bertz CT molecular complexity index is 698. The predicted octanol–water partition coefficient (Wildman–Crippen LogP) is 4.26. The van der Waals surface area contributed by atoms with Crippen molar-refractivity contribution in [1.82, 2.24) is 10.3 Å². The van der Waals surface area contributed by atoms with E-state index in [2.05, 4.69) is 21.7 Å². The summed E-state index contributed by atoms with van der Waals surface area (Å²) in [5.74, 6) is 0.680. The number of urea groups is 1. The quantitative estimate of drug-likeness (QED) is 0.873. The molecule has 1 saturated carbocycles. The summed E-state index contributed by atoms with van der Waals surface area (Å²) in [7, 11) is 0. The third-order valence-electron chi connectivity index (χ3n) is 4.40. The zero-order valence-corrected chi connectivity index (χ0v) is 14.2. The van der Waals surface area contributed by atoms with E-state index in [-0.39, 0.29) is 11.9 Å². The molecule has 1 aromatic carbocycles. The van der Waals surface area contributed by atoms with Gasteiger partial charge in [-0.05, 0) is 55.9 Å². The number of carbonyl (C=O) groups excluding carboxylic acids is 1. The van der Waals surface area contributed by atoms with Gasteiger partial charge in [-0.15, -0.1) is 11.3 Å². The van der Waals surface area contributed by atoms with E-state index in [4.69, 9.17) is 5.26 Å². The number of rotatable bonds is 4. The lowest BCUT2D eigenvalue weighted by Gasteiger charge is -2.24. The highest BCUT2D eigenvalue weighted by atomic mass is 32.1. The summed E-state index contributed by atoms with van der Waals surface area (Å²) in [4.78, 5) is 16.3. The molecule has 24 heavy (non-hydrogen) atoms. The number of anilines is 1. The van der Waals surface area contributed by atoms with E-state index in [1.807, 2.05) is 29.6 Å². The summed E-state index contributed by atoms with van der Waals surface area (Å²) in [5.41, 5.74) is 1.81. The standard InChI is InChI=1S/C18H20N4OS/c19-11-13-1-3-14(4-2-13)12-21-18(23)22-16-7-5-15(6-8-16)17-20-9-10-24-17/h5-10,13-14H,1-4,12H2,(H2,21,22,23). The van der Waals surface area contributed by atoms with Crippen molar-refractivity contribution in [3.8, 4) is 16.6 Å². The Morgan fingerprint density at radius 3 is 2.62 bits per heavy atom. The number of nitriles is 1. The van der Waals surface area contributed by atoms with Gasteiger partial charge >= 0.3 is 6.03 Å². The normalized spacial score (nSPS) is 20.1. The third kappa shape index (κ3) is 4.33. The van der Waals surface area contributed by atoms with Crippen molar-refractivity contribution in [2.45, 2.75) is 25.7 Å². The number of benzene rings is 1. The Labute approximate surface area is 145 Å². The molecule has 2 aromatic rings. The van der Waals surface area contributed by atoms with Gasteiger partial charge in [-0.25, -0.2) is 9.78 Å². The van der Waals surface area contributed by atoms with Gasteiger partial charge in [0.15, 0.2) is 0 Å². The highest BCUT2D eigenvalue weighted by Crippen LogP contribution is 2.27. The molecule has 3 rings (SSSR count). The van der Waals surface area contributed by atoms with E-state index < -0.39 is 0 Å². The van der Waals surface area contributed by atoms with Gasteiger partial charge in [0.05, 0.1) is 6.07 Å². The van der Waals surface area contributed by atoms with Gasteiger partial charge in [-0.2, -0.15) is 5.26 Å². The molecule has 0 saturated heterocycles. The van der Waals surface area contributed by atoms with E-state index in [1.54, 1.807) is 17.5 Å². The average molecular weight is 340 g/mol. The van der Waals surface area contributed by atoms with Crippen LogP contribution in [0.2, 0.25) is 0 Å². The van der Waals surface area contributed by atoms with E-state index in [9.17, 15) is 4.79 Å². The van der Waals surface area contributed by atoms with Crippen molar-refractivity contribution in [3.05, 3.63) is 35.8 Å². The second-order valence-electron chi connectivity index (χ2n) is 6.10. The molecule has 2 amide bonds. The minimum atomic E-state index is -0.181. The molecule has 1 aliphatic rings. The first-order chi connectivity index (χ1) is 11.7. The van der Waals surface area contributed by atoms with Gasteiger partial charge in [0.2, 0.25) is 0 Å². The number of hydrogen-bond donors (Lipinski definition) is 2. The predicted molar refractivity (Wildman–Crippen MR) is 95.6 cm³/mol. The van der Waals surface area contributed by atoms with Crippen LogP contribution in [0.3, 0.4) is 0 Å². The van der Waals surface area contributed by atoms with Crippen LogP contribution in [0.4, 0.5) is 10.5 Å². The number of hydrogen-bond acceptors (Lipinski definition) is 4. The van der Waals surface area contributed by atoms with Crippen molar-refractivity contribution < 1.29 is 4.79 Å². The lowest BCUT2D eigenvalue weighted by atomic mass is 9.83. The fourth-order valence-electron chi connectivity index (χ4n) is 2.97. The summed E-state index contributed by atoms with van der Waals surface area (Å²) >= 11 is 1.59. The summed E-state index contributed by atoms with van der Waals surface area (Å²) in [6, 6.07) is 9.83. The Hall–Kier alpha value is -2.39. The molecule has 124 valence electrons. The summed E-state index contributed by atoms with van der Waals surface area (Å²) in [6.45, 7) is 0.668. The fourth-order valence-corrected chi connectivity index (χ4v) is 3.61. The first-order valence-electron chi connectivity index (χ1n) is 8.19. The van der Waals surface area contributed by atoms with Crippen LogP contribution in [0.15, 0.2) is 35.8 Å². The van der Waals surface area contributed by atoms with Crippen LogP contribution in [0.1, 0.15) is 25.7 Å². The van der Waals surface area contributed by atoms with Crippen LogP contribution in [0, 0.1) is 23.2 Å². The number of aromatic nitrogens is 1. The first kappa shape index (κ1) is 16.5. The van der Waals surface area contributed by atoms with Crippen LogP contribution < -0.4 is 10.6 Å². The maximum Gasteiger partial charge on any atom is 0.319 e. The van der Waals surface area contributed by atoms with Gasteiger partial charge in [-0.1, -0.05) is 0 Å². The number of carbonyl (C=O) groups is 1. The molecule has 0 radical (unpaired) electrons. The first-order valence-corrected chi connectivity index (χ1v) is 9.07. The van der Waals surface area contributed by atoms with Crippen LogP contribution >= 0.6 is 11.3 Å².